The first-order valence-corrected chi connectivity index (χ1v) is 15.8. The highest BCUT2D eigenvalue weighted by atomic mass is 19.3. The van der Waals surface area contributed by atoms with Crippen molar-refractivity contribution in [1.82, 2.24) is 25.2 Å². The zero-order chi connectivity index (χ0) is 31.7. The molecule has 46 heavy (non-hydrogen) atoms. The molecule has 238 valence electrons. The van der Waals surface area contributed by atoms with Gasteiger partial charge in [-0.3, -0.25) is 4.90 Å². The summed E-state index contributed by atoms with van der Waals surface area (Å²) in [5, 5.41) is 5.47. The Morgan fingerprint density at radius 2 is 2.04 bits per heavy atom. The van der Waals surface area contributed by atoms with E-state index in [1.807, 2.05) is 19.1 Å². The van der Waals surface area contributed by atoms with E-state index >= 15 is 4.39 Å². The van der Waals surface area contributed by atoms with Gasteiger partial charge >= 0.3 is 6.01 Å². The number of rotatable bonds is 6. The van der Waals surface area contributed by atoms with Crippen LogP contribution in [0.5, 0.6) is 11.9 Å². The number of pyridine rings is 1. The zero-order valence-electron chi connectivity index (χ0n) is 25.3. The summed E-state index contributed by atoms with van der Waals surface area (Å²) in [4.78, 5) is 18.2. The number of aromatic nitrogens is 3. The van der Waals surface area contributed by atoms with Crippen LogP contribution >= 0.6 is 0 Å². The second-order valence-corrected chi connectivity index (χ2v) is 12.8. The van der Waals surface area contributed by atoms with Gasteiger partial charge in [0.25, 0.3) is 6.43 Å². The largest absolute Gasteiger partial charge is 0.472 e. The fourth-order valence-electron chi connectivity index (χ4n) is 7.96. The Kier molecular flexibility index (Phi) is 7.06. The Labute approximate surface area is 264 Å². The number of halogens is 3. The minimum absolute atomic E-state index is 0.00310. The molecule has 0 radical (unpaired) electrons. The average molecular weight is 630 g/mol. The van der Waals surface area contributed by atoms with Crippen molar-refractivity contribution in [3.63, 3.8) is 0 Å². The smallest absolute Gasteiger partial charge is 0.319 e. The number of ether oxygens (including phenoxy) is 2. The summed E-state index contributed by atoms with van der Waals surface area (Å²) >= 11 is 0. The fourth-order valence-corrected chi connectivity index (χ4v) is 7.96. The summed E-state index contributed by atoms with van der Waals surface area (Å²) < 4.78 is 56.2. The molecule has 3 N–H and O–H groups in total. The van der Waals surface area contributed by atoms with Crippen molar-refractivity contribution in [2.75, 3.05) is 36.9 Å². The molecule has 2 bridgehead atoms. The number of anilines is 2. The van der Waals surface area contributed by atoms with E-state index in [4.69, 9.17) is 31.6 Å². The van der Waals surface area contributed by atoms with Crippen molar-refractivity contribution in [3.8, 4) is 35.5 Å². The van der Waals surface area contributed by atoms with E-state index < -0.39 is 12.2 Å². The van der Waals surface area contributed by atoms with Gasteiger partial charge in [0, 0.05) is 46.9 Å². The number of alkyl halides is 2. The first-order valence-electron chi connectivity index (χ1n) is 15.8. The highest BCUT2D eigenvalue weighted by molar-refractivity contribution is 6.04. The van der Waals surface area contributed by atoms with Gasteiger partial charge < -0.3 is 25.4 Å². The molecule has 0 unspecified atom stereocenters. The van der Waals surface area contributed by atoms with E-state index in [-0.39, 0.29) is 66.5 Å². The van der Waals surface area contributed by atoms with Crippen molar-refractivity contribution >= 4 is 33.2 Å². The van der Waals surface area contributed by atoms with Gasteiger partial charge in [-0.25, -0.2) is 18.2 Å². The predicted octanol–water partition coefficient (Wildman–Crippen LogP) is 4.75. The minimum atomic E-state index is -2.44. The molecule has 4 aliphatic rings. The lowest BCUT2D eigenvalue weighted by Crippen LogP contribution is -2.62. The van der Waals surface area contributed by atoms with Gasteiger partial charge in [-0.2, -0.15) is 9.97 Å². The highest BCUT2D eigenvalue weighted by Crippen LogP contribution is 2.45. The normalized spacial score (nSPS) is 25.5. The third kappa shape index (κ3) is 4.75. The van der Waals surface area contributed by atoms with Crippen LogP contribution in [0.15, 0.2) is 30.3 Å². The maximum atomic E-state index is 17.0. The second-order valence-electron chi connectivity index (χ2n) is 12.8. The number of hydrogen-bond acceptors (Lipinski definition) is 9. The number of hydrogen-bond donors (Lipinski definition) is 2. The Bertz CT molecular complexity index is 1900. The molecular weight excluding hydrogens is 595 g/mol. The Balaban J connectivity index is 1.31. The highest BCUT2D eigenvalue weighted by Gasteiger charge is 2.47. The van der Waals surface area contributed by atoms with Crippen LogP contribution in [0.4, 0.5) is 24.7 Å². The summed E-state index contributed by atoms with van der Waals surface area (Å²) in [6, 6.07) is 9.02. The first kappa shape index (κ1) is 29.1. The van der Waals surface area contributed by atoms with Crippen LogP contribution in [0.25, 0.3) is 32.9 Å². The van der Waals surface area contributed by atoms with Crippen LogP contribution in [-0.4, -0.2) is 82.8 Å². The second kappa shape index (κ2) is 11.2. The van der Waals surface area contributed by atoms with Gasteiger partial charge in [0.2, 0.25) is 5.88 Å². The molecule has 3 saturated heterocycles. The van der Waals surface area contributed by atoms with Gasteiger partial charge in [-0.15, -0.1) is 6.42 Å². The first-order chi connectivity index (χ1) is 22.3. The molecule has 2 aromatic carbocycles. The predicted molar refractivity (Wildman–Crippen MR) is 170 cm³/mol. The molecule has 0 amide bonds. The molecule has 3 fully saturated rings. The van der Waals surface area contributed by atoms with Crippen LogP contribution in [0.2, 0.25) is 0 Å². The summed E-state index contributed by atoms with van der Waals surface area (Å²) in [6.07, 6.45) is 6.63. The van der Waals surface area contributed by atoms with Crippen LogP contribution in [-0.2, 0) is 0 Å². The molecule has 0 aliphatic carbocycles. The minimum Gasteiger partial charge on any atom is -0.472 e. The molecule has 4 aliphatic heterocycles. The summed E-state index contributed by atoms with van der Waals surface area (Å²) in [5.41, 5.74) is 7.74. The van der Waals surface area contributed by atoms with E-state index in [0.29, 0.717) is 52.9 Å². The van der Waals surface area contributed by atoms with Crippen LogP contribution in [0.3, 0.4) is 0 Å². The van der Waals surface area contributed by atoms with Crippen LogP contribution < -0.4 is 25.4 Å². The number of terminal acetylenes is 1. The Morgan fingerprint density at radius 1 is 1.17 bits per heavy atom. The fraction of sp³-hybridized carbons (Fsp3) is 0.441. The molecule has 0 saturated carbocycles. The maximum Gasteiger partial charge on any atom is 0.319 e. The number of nitrogens with one attached hydrogen (secondary N) is 1. The quantitative estimate of drug-likeness (QED) is 0.231. The number of fused-ring (bicyclic) bond motifs is 6. The molecule has 12 heteroatoms. The van der Waals surface area contributed by atoms with Gasteiger partial charge in [0.15, 0.2) is 5.82 Å². The number of nitrogens with two attached hydrogens (primary N) is 1. The lowest BCUT2D eigenvalue weighted by molar-refractivity contribution is 0.0684. The van der Waals surface area contributed by atoms with Crippen molar-refractivity contribution in [1.29, 1.82) is 0 Å². The lowest BCUT2D eigenvalue weighted by atomic mass is 9.96. The van der Waals surface area contributed by atoms with Crippen molar-refractivity contribution in [2.24, 2.45) is 0 Å². The number of nitrogen functional groups attached to an aromatic ring is 1. The van der Waals surface area contributed by atoms with E-state index in [2.05, 4.69) is 21.1 Å². The molecule has 0 spiro atoms. The van der Waals surface area contributed by atoms with E-state index in [1.165, 1.54) is 0 Å². The number of piperazine rings is 1. The number of nitrogens with zero attached hydrogens (tertiary/aromatic N) is 5. The third-order valence-corrected chi connectivity index (χ3v) is 9.91. The van der Waals surface area contributed by atoms with E-state index in [1.54, 1.807) is 23.1 Å². The Hall–Kier alpha value is -4.34. The average Bonchev–Trinajstić information content (AvgIpc) is 3.61. The SMILES string of the molecule is C#Cc1cccc2cc(N)cc(-c3nc4c5c(nc(OC[C@@H]6CCCN6CC(F)F)nc5c3F)N3C[C@H]5CC[C@H](N5)[C@H]3[C@H](C)O4)c12. The van der Waals surface area contributed by atoms with Crippen LogP contribution in [0.1, 0.15) is 38.2 Å². The molecule has 8 rings (SSSR count). The Morgan fingerprint density at radius 3 is 2.87 bits per heavy atom. The van der Waals surface area contributed by atoms with E-state index in [0.717, 1.165) is 24.6 Å². The molecule has 9 nitrogen and oxygen atoms in total. The van der Waals surface area contributed by atoms with Gasteiger partial charge in [0.05, 0.1) is 12.6 Å². The number of likely N-dealkylation sites (tertiary alicyclic amines) is 1. The summed E-state index contributed by atoms with van der Waals surface area (Å²) in [7, 11) is 0. The van der Waals surface area contributed by atoms with Crippen molar-refractivity contribution in [2.45, 2.75) is 69.3 Å². The molecule has 4 aromatic rings. The standard InChI is InChI=1S/C34H34F3N7O2/c1-3-18-6-4-7-19-12-20(38)13-23(26(18)19)29-28(37)30-27-32(42-34(41-30)45-16-22-8-5-11-43(22)15-25(35)36)44-14-21-9-10-24(39-21)31(44)17(2)46-33(27)40-29/h1,4,6-7,12-13,17,21-22,24-25,31,39H,5,8-11,14-16,38H2,2H3/t17-,21+,22-,24-,31+/m0/s1. The van der Waals surface area contributed by atoms with Crippen molar-refractivity contribution < 1.29 is 22.6 Å². The summed E-state index contributed by atoms with van der Waals surface area (Å²) in [6.45, 7) is 3.01. The molecule has 5 atom stereocenters. The maximum absolute atomic E-state index is 17.0. The van der Waals surface area contributed by atoms with Crippen LogP contribution in [0, 0.1) is 18.2 Å². The third-order valence-electron chi connectivity index (χ3n) is 9.91. The molecule has 6 heterocycles. The zero-order valence-corrected chi connectivity index (χ0v) is 25.3. The van der Waals surface area contributed by atoms with Gasteiger partial charge in [0.1, 0.15) is 35.1 Å². The lowest BCUT2D eigenvalue weighted by Gasteiger charge is -2.42. The summed E-state index contributed by atoms with van der Waals surface area (Å²) in [5.74, 6) is 2.74. The monoisotopic (exact) mass is 629 g/mol. The topological polar surface area (TPSA) is 102 Å². The van der Waals surface area contributed by atoms with Gasteiger partial charge in [-0.1, -0.05) is 18.1 Å². The van der Waals surface area contributed by atoms with Crippen molar-refractivity contribution in [3.05, 3.63) is 41.7 Å². The molecule has 2 aromatic heterocycles. The molecular formula is C34H34F3N7O2. The van der Waals surface area contributed by atoms with Gasteiger partial charge in [-0.05, 0) is 62.7 Å². The number of benzene rings is 2. The van der Waals surface area contributed by atoms with E-state index in [9.17, 15) is 8.78 Å².